The Hall–Kier alpha value is -4.14. The van der Waals surface area contributed by atoms with Crippen molar-refractivity contribution >= 4 is 57.2 Å². The molecule has 39 heavy (non-hydrogen) atoms. The number of Topliss-reactive ketones (excluding diaryl/α,β-unsaturated/α-hetero) is 1. The Morgan fingerprint density at radius 2 is 1.67 bits per heavy atom. The number of anilines is 2. The summed E-state index contributed by atoms with van der Waals surface area (Å²) in [4.78, 5) is 30.7. The standard InChI is InChI=1S/C29H24Cl2N2O6/c1-32(2)18-7-5-15(6-8-18)25-24(26(34)22-12-16-11-17(30)13-23(38-4)28(16)39-22)27(35)29(36)33(25)19-9-10-21(37-3)20(31)14-19/h5-14,25,35H,1-4H3. The van der Waals surface area contributed by atoms with Crippen LogP contribution in [0.5, 0.6) is 11.5 Å². The molecule has 0 saturated heterocycles. The number of hydrogen-bond acceptors (Lipinski definition) is 7. The predicted octanol–water partition coefficient (Wildman–Crippen LogP) is 6.61. The van der Waals surface area contributed by atoms with Crippen LogP contribution in [0.1, 0.15) is 22.2 Å². The number of aliphatic hydroxyl groups excluding tert-OH is 1. The first-order valence-electron chi connectivity index (χ1n) is 11.8. The Morgan fingerprint density at radius 1 is 0.974 bits per heavy atom. The summed E-state index contributed by atoms with van der Waals surface area (Å²) in [6, 6.07) is 15.9. The number of aliphatic hydroxyl groups is 1. The zero-order valence-electron chi connectivity index (χ0n) is 21.5. The van der Waals surface area contributed by atoms with Crippen LogP contribution in [0.4, 0.5) is 11.4 Å². The van der Waals surface area contributed by atoms with Crippen molar-refractivity contribution in [1.29, 1.82) is 0 Å². The van der Waals surface area contributed by atoms with E-state index in [1.54, 1.807) is 42.5 Å². The largest absolute Gasteiger partial charge is 0.503 e. The van der Waals surface area contributed by atoms with Gasteiger partial charge in [-0.15, -0.1) is 0 Å². The van der Waals surface area contributed by atoms with E-state index in [-0.39, 0.29) is 16.4 Å². The number of methoxy groups -OCH3 is 2. The van der Waals surface area contributed by atoms with Crippen LogP contribution in [0.3, 0.4) is 0 Å². The summed E-state index contributed by atoms with van der Waals surface area (Å²) in [7, 11) is 6.76. The second-order valence-electron chi connectivity index (χ2n) is 9.11. The average Bonchev–Trinajstić information content (AvgIpc) is 3.46. The van der Waals surface area contributed by atoms with Gasteiger partial charge in [-0.3, -0.25) is 14.5 Å². The maximum absolute atomic E-state index is 13.9. The number of rotatable bonds is 7. The molecular weight excluding hydrogens is 543 g/mol. The number of nitrogens with zero attached hydrogens (tertiary/aromatic N) is 2. The third-order valence-electron chi connectivity index (χ3n) is 6.58. The van der Waals surface area contributed by atoms with Crippen molar-refractivity contribution in [2.24, 2.45) is 0 Å². The van der Waals surface area contributed by atoms with Gasteiger partial charge in [0.25, 0.3) is 5.91 Å². The predicted molar refractivity (Wildman–Crippen MR) is 151 cm³/mol. The summed E-state index contributed by atoms with van der Waals surface area (Å²) in [5.74, 6) is -1.40. The second-order valence-corrected chi connectivity index (χ2v) is 9.95. The van der Waals surface area contributed by atoms with Gasteiger partial charge in [-0.1, -0.05) is 35.3 Å². The third kappa shape index (κ3) is 4.56. The fourth-order valence-corrected chi connectivity index (χ4v) is 5.13. The van der Waals surface area contributed by atoms with Crippen molar-refractivity contribution in [1.82, 2.24) is 0 Å². The van der Waals surface area contributed by atoms with Crippen LogP contribution >= 0.6 is 23.2 Å². The quantitative estimate of drug-likeness (QED) is 0.252. The molecule has 0 bridgehead atoms. The molecule has 3 aromatic carbocycles. The highest BCUT2D eigenvalue weighted by Gasteiger charge is 2.45. The molecule has 1 unspecified atom stereocenters. The monoisotopic (exact) mass is 566 g/mol. The summed E-state index contributed by atoms with van der Waals surface area (Å²) in [6.07, 6.45) is 0. The van der Waals surface area contributed by atoms with E-state index >= 15 is 0 Å². The zero-order chi connectivity index (χ0) is 28.0. The number of benzene rings is 3. The van der Waals surface area contributed by atoms with E-state index in [2.05, 4.69) is 0 Å². The maximum Gasteiger partial charge on any atom is 0.294 e. The highest BCUT2D eigenvalue weighted by atomic mass is 35.5. The highest BCUT2D eigenvalue weighted by Crippen LogP contribution is 2.44. The van der Waals surface area contributed by atoms with Gasteiger partial charge in [-0.25, -0.2) is 0 Å². The molecule has 1 aliphatic heterocycles. The van der Waals surface area contributed by atoms with E-state index in [0.29, 0.717) is 38.7 Å². The van der Waals surface area contributed by atoms with Crippen LogP contribution in [0, 0.1) is 0 Å². The van der Waals surface area contributed by atoms with Gasteiger partial charge >= 0.3 is 0 Å². The number of carbonyl (C=O) groups excluding carboxylic acids is 2. The fourth-order valence-electron chi connectivity index (χ4n) is 4.66. The Morgan fingerprint density at radius 3 is 2.28 bits per heavy atom. The Labute approximate surface area is 234 Å². The minimum atomic E-state index is -0.968. The number of ether oxygens (including phenoxy) is 2. The van der Waals surface area contributed by atoms with E-state index in [1.807, 2.05) is 31.1 Å². The molecule has 1 aromatic heterocycles. The Kier molecular flexibility index (Phi) is 6.92. The smallest absolute Gasteiger partial charge is 0.294 e. The van der Waals surface area contributed by atoms with Crippen LogP contribution in [0.15, 0.2) is 76.4 Å². The SMILES string of the molecule is COc1ccc(N2C(=O)C(O)=C(C(=O)c3cc4cc(Cl)cc(OC)c4o3)C2c2ccc(N(C)C)cc2)cc1Cl. The number of hydrogen-bond donors (Lipinski definition) is 1. The summed E-state index contributed by atoms with van der Waals surface area (Å²) in [5, 5.41) is 12.3. The lowest BCUT2D eigenvalue weighted by Crippen LogP contribution is -2.31. The van der Waals surface area contributed by atoms with Gasteiger partial charge in [0.15, 0.2) is 22.9 Å². The van der Waals surface area contributed by atoms with Crippen LogP contribution in [-0.2, 0) is 4.79 Å². The number of carbonyl (C=O) groups is 2. The van der Waals surface area contributed by atoms with Gasteiger partial charge in [0.05, 0.1) is 30.9 Å². The van der Waals surface area contributed by atoms with Crippen LogP contribution in [0.2, 0.25) is 10.0 Å². The van der Waals surface area contributed by atoms with Crippen molar-refractivity contribution in [2.45, 2.75) is 6.04 Å². The molecule has 1 aliphatic rings. The van der Waals surface area contributed by atoms with Gasteiger partial charge in [0, 0.05) is 41.9 Å². The molecule has 0 aliphatic carbocycles. The molecule has 0 fully saturated rings. The van der Waals surface area contributed by atoms with Crippen LogP contribution in [0.25, 0.3) is 11.0 Å². The average molecular weight is 567 g/mol. The van der Waals surface area contributed by atoms with Crippen molar-refractivity contribution in [2.75, 3.05) is 38.1 Å². The first-order valence-corrected chi connectivity index (χ1v) is 12.6. The van der Waals surface area contributed by atoms with Gasteiger partial charge < -0.3 is 23.9 Å². The molecule has 0 radical (unpaired) electrons. The summed E-state index contributed by atoms with van der Waals surface area (Å²) >= 11 is 12.6. The van der Waals surface area contributed by atoms with Crippen molar-refractivity contribution < 1.29 is 28.6 Å². The van der Waals surface area contributed by atoms with Crippen molar-refractivity contribution in [3.8, 4) is 11.5 Å². The lowest BCUT2D eigenvalue weighted by molar-refractivity contribution is -0.117. The normalized spacial score (nSPS) is 15.3. The minimum Gasteiger partial charge on any atom is -0.503 e. The summed E-state index contributed by atoms with van der Waals surface area (Å²) in [5.41, 5.74) is 2.09. The second kappa shape index (κ2) is 10.2. The molecule has 0 spiro atoms. The molecule has 1 N–H and O–H groups in total. The third-order valence-corrected chi connectivity index (χ3v) is 7.10. The van der Waals surface area contributed by atoms with E-state index in [0.717, 1.165) is 5.69 Å². The van der Waals surface area contributed by atoms with E-state index in [4.69, 9.17) is 37.1 Å². The molecular formula is C29H24Cl2N2O6. The number of amides is 1. The summed E-state index contributed by atoms with van der Waals surface area (Å²) in [6.45, 7) is 0. The molecule has 4 aromatic rings. The fraction of sp³-hybridized carbons (Fsp3) is 0.172. The number of ketones is 1. The minimum absolute atomic E-state index is 0.0792. The van der Waals surface area contributed by atoms with Crippen LogP contribution in [-0.4, -0.2) is 45.1 Å². The van der Waals surface area contributed by atoms with E-state index in [9.17, 15) is 14.7 Å². The Balaban J connectivity index is 1.66. The van der Waals surface area contributed by atoms with Crippen molar-refractivity contribution in [3.63, 3.8) is 0 Å². The molecule has 1 atom stereocenters. The Bertz CT molecular complexity index is 1640. The lowest BCUT2D eigenvalue weighted by atomic mass is 9.94. The number of furan rings is 1. The molecule has 1 amide bonds. The molecule has 2 heterocycles. The van der Waals surface area contributed by atoms with Crippen LogP contribution < -0.4 is 19.3 Å². The topological polar surface area (TPSA) is 92.5 Å². The van der Waals surface area contributed by atoms with Gasteiger partial charge in [-0.05, 0) is 48.0 Å². The van der Waals surface area contributed by atoms with E-state index < -0.39 is 23.5 Å². The molecule has 200 valence electrons. The number of fused-ring (bicyclic) bond motifs is 1. The van der Waals surface area contributed by atoms with E-state index in [1.165, 1.54) is 25.2 Å². The molecule has 10 heteroatoms. The molecule has 5 rings (SSSR count). The molecule has 8 nitrogen and oxygen atoms in total. The maximum atomic E-state index is 13.9. The zero-order valence-corrected chi connectivity index (χ0v) is 23.0. The first-order chi connectivity index (χ1) is 18.6. The number of halogens is 2. The van der Waals surface area contributed by atoms with Gasteiger partial charge in [-0.2, -0.15) is 0 Å². The van der Waals surface area contributed by atoms with Crippen molar-refractivity contribution in [3.05, 3.63) is 93.4 Å². The lowest BCUT2D eigenvalue weighted by Gasteiger charge is -2.27. The summed E-state index contributed by atoms with van der Waals surface area (Å²) < 4.78 is 16.5. The van der Waals surface area contributed by atoms with Gasteiger partial charge in [0.2, 0.25) is 5.78 Å². The first kappa shape index (κ1) is 26.5. The highest BCUT2D eigenvalue weighted by molar-refractivity contribution is 6.32. The van der Waals surface area contributed by atoms with Gasteiger partial charge in [0.1, 0.15) is 5.75 Å². The molecule has 0 saturated carbocycles.